The molecule has 2 unspecified atom stereocenters. The van der Waals surface area contributed by atoms with Crippen molar-refractivity contribution < 1.29 is 13.9 Å². The number of unbranched alkanes of at least 4 members (excludes halogenated alkanes) is 4. The molecule has 0 amide bonds. The van der Waals surface area contributed by atoms with Gasteiger partial charge in [-0.15, -0.1) is 0 Å². The quantitative estimate of drug-likeness (QED) is 0.275. The summed E-state index contributed by atoms with van der Waals surface area (Å²) in [5, 5.41) is 0. The topological polar surface area (TPSA) is 27.7 Å². The second-order valence-electron chi connectivity index (χ2n) is 6.23. The van der Waals surface area contributed by atoms with Crippen LogP contribution in [-0.2, 0) is 13.9 Å². The number of hydrogen-bond acceptors (Lipinski definition) is 3. The van der Waals surface area contributed by atoms with E-state index in [4.69, 9.17) is 13.9 Å². The Morgan fingerprint density at radius 1 is 1.14 bits per heavy atom. The van der Waals surface area contributed by atoms with Gasteiger partial charge in [0.15, 0.2) is 6.29 Å². The molecule has 3 nitrogen and oxygen atoms in total. The van der Waals surface area contributed by atoms with E-state index in [0.29, 0.717) is 6.10 Å². The van der Waals surface area contributed by atoms with E-state index >= 15 is 0 Å². The standard InChI is InChI=1S/C18H36O3Si/c1-2-12-17(21-18-14-11-15-19-18)13-9-7-5-3-4-6-8-10-16-20-22/h3-4,17-18H,2,5-16H2,1,22H3/b4-3-. The lowest BCUT2D eigenvalue weighted by Gasteiger charge is -2.21. The molecule has 0 N–H and O–H groups in total. The molecular formula is C18H36O3Si. The smallest absolute Gasteiger partial charge is 0.158 e. The molecule has 0 saturated carbocycles. The van der Waals surface area contributed by atoms with Crippen LogP contribution in [0.25, 0.3) is 0 Å². The van der Waals surface area contributed by atoms with E-state index in [0.717, 1.165) is 43.0 Å². The maximum atomic E-state index is 6.09. The van der Waals surface area contributed by atoms with Crippen LogP contribution in [0.1, 0.15) is 77.6 Å². The van der Waals surface area contributed by atoms with E-state index in [1.165, 1.54) is 51.4 Å². The fourth-order valence-electron chi connectivity index (χ4n) is 2.85. The third kappa shape index (κ3) is 10.5. The minimum atomic E-state index is 0.0752. The van der Waals surface area contributed by atoms with Gasteiger partial charge in [-0.3, -0.25) is 0 Å². The van der Waals surface area contributed by atoms with Crippen LogP contribution >= 0.6 is 0 Å². The number of hydrogen-bond donors (Lipinski definition) is 0. The fourth-order valence-corrected chi connectivity index (χ4v) is 3.14. The van der Waals surface area contributed by atoms with Gasteiger partial charge in [-0.25, -0.2) is 0 Å². The molecule has 0 aromatic carbocycles. The number of allylic oxidation sites excluding steroid dienone is 2. The van der Waals surface area contributed by atoms with Crippen molar-refractivity contribution in [2.24, 2.45) is 0 Å². The predicted octanol–water partition coefficient (Wildman–Crippen LogP) is 3.89. The zero-order chi connectivity index (χ0) is 15.9. The second kappa shape index (κ2) is 14.4. The number of ether oxygens (including phenoxy) is 2. The predicted molar refractivity (Wildman–Crippen MR) is 96.1 cm³/mol. The van der Waals surface area contributed by atoms with E-state index < -0.39 is 0 Å². The summed E-state index contributed by atoms with van der Waals surface area (Å²) in [7, 11) is 0.874. The summed E-state index contributed by atoms with van der Waals surface area (Å²) >= 11 is 0. The first-order valence-electron chi connectivity index (χ1n) is 9.27. The van der Waals surface area contributed by atoms with E-state index in [-0.39, 0.29) is 6.29 Å². The minimum Gasteiger partial charge on any atom is -0.428 e. The lowest BCUT2D eigenvalue weighted by atomic mass is 10.1. The number of rotatable bonds is 14. The van der Waals surface area contributed by atoms with Gasteiger partial charge in [-0.05, 0) is 51.4 Å². The monoisotopic (exact) mass is 328 g/mol. The van der Waals surface area contributed by atoms with E-state index in [9.17, 15) is 0 Å². The minimum absolute atomic E-state index is 0.0752. The Kier molecular flexibility index (Phi) is 13.0. The Bertz CT molecular complexity index is 265. The van der Waals surface area contributed by atoms with Gasteiger partial charge in [0.05, 0.1) is 6.10 Å². The molecule has 0 spiro atoms. The normalized spacial score (nSPS) is 20.1. The summed E-state index contributed by atoms with van der Waals surface area (Å²) in [6.45, 7) is 4.06. The maximum absolute atomic E-state index is 6.09. The van der Waals surface area contributed by atoms with Crippen molar-refractivity contribution in [1.82, 2.24) is 0 Å². The first kappa shape index (κ1) is 19.9. The first-order valence-corrected chi connectivity index (χ1v) is 10.1. The van der Waals surface area contributed by atoms with Crippen LogP contribution in [0.3, 0.4) is 0 Å². The van der Waals surface area contributed by atoms with Gasteiger partial charge in [0.1, 0.15) is 10.5 Å². The molecule has 0 aromatic heterocycles. The van der Waals surface area contributed by atoms with Gasteiger partial charge in [-0.1, -0.05) is 31.9 Å². The zero-order valence-electron chi connectivity index (χ0n) is 14.7. The highest BCUT2D eigenvalue weighted by Crippen LogP contribution is 2.20. The molecular weight excluding hydrogens is 292 g/mol. The lowest BCUT2D eigenvalue weighted by molar-refractivity contribution is -0.147. The molecule has 4 heteroatoms. The van der Waals surface area contributed by atoms with Crippen molar-refractivity contribution in [3.8, 4) is 0 Å². The highest BCUT2D eigenvalue weighted by molar-refractivity contribution is 5.97. The van der Waals surface area contributed by atoms with Crippen molar-refractivity contribution in [3.63, 3.8) is 0 Å². The third-order valence-corrected chi connectivity index (χ3v) is 4.53. The van der Waals surface area contributed by atoms with Gasteiger partial charge in [-0.2, -0.15) is 0 Å². The van der Waals surface area contributed by atoms with E-state index in [1.54, 1.807) is 0 Å². The van der Waals surface area contributed by atoms with Crippen LogP contribution in [0.2, 0.25) is 0 Å². The van der Waals surface area contributed by atoms with Gasteiger partial charge >= 0.3 is 0 Å². The molecule has 1 rings (SSSR count). The second-order valence-corrected chi connectivity index (χ2v) is 6.81. The van der Waals surface area contributed by atoms with Crippen LogP contribution in [0, 0.1) is 0 Å². The van der Waals surface area contributed by atoms with Crippen molar-refractivity contribution >= 4 is 10.5 Å². The molecule has 0 radical (unpaired) electrons. The Balaban J connectivity index is 1.98. The van der Waals surface area contributed by atoms with Crippen molar-refractivity contribution in [3.05, 3.63) is 12.2 Å². The molecule has 2 atom stereocenters. The van der Waals surface area contributed by atoms with Gasteiger partial charge in [0.2, 0.25) is 0 Å². The third-order valence-electron chi connectivity index (χ3n) is 4.13. The SMILES string of the molecule is CCCC(CCCC/C=C\CCCCO[SiH3])OC1CCCO1. The molecule has 1 aliphatic rings. The largest absolute Gasteiger partial charge is 0.428 e. The Morgan fingerprint density at radius 2 is 1.91 bits per heavy atom. The summed E-state index contributed by atoms with van der Waals surface area (Å²) in [4.78, 5) is 0. The summed E-state index contributed by atoms with van der Waals surface area (Å²) in [5.74, 6) is 0. The van der Waals surface area contributed by atoms with Crippen LogP contribution < -0.4 is 0 Å². The lowest BCUT2D eigenvalue weighted by Crippen LogP contribution is -2.21. The first-order chi connectivity index (χ1) is 10.9. The van der Waals surface area contributed by atoms with Gasteiger partial charge in [0.25, 0.3) is 0 Å². The van der Waals surface area contributed by atoms with Crippen LogP contribution in [0.4, 0.5) is 0 Å². The molecule has 1 aliphatic heterocycles. The van der Waals surface area contributed by atoms with Crippen LogP contribution in [0.15, 0.2) is 12.2 Å². The summed E-state index contributed by atoms with van der Waals surface area (Å²) < 4.78 is 16.9. The van der Waals surface area contributed by atoms with Crippen LogP contribution in [0.5, 0.6) is 0 Å². The van der Waals surface area contributed by atoms with Crippen molar-refractivity contribution in [1.29, 1.82) is 0 Å². The maximum Gasteiger partial charge on any atom is 0.158 e. The highest BCUT2D eigenvalue weighted by atomic mass is 28.2. The van der Waals surface area contributed by atoms with Gasteiger partial charge < -0.3 is 13.9 Å². The molecule has 0 bridgehead atoms. The molecule has 1 heterocycles. The fraction of sp³-hybridized carbons (Fsp3) is 0.889. The van der Waals surface area contributed by atoms with Crippen molar-refractivity contribution in [2.75, 3.05) is 13.2 Å². The summed E-state index contributed by atoms with van der Waals surface area (Å²) in [6.07, 6.45) is 18.3. The molecule has 0 aromatic rings. The summed E-state index contributed by atoms with van der Waals surface area (Å²) in [5.41, 5.74) is 0. The van der Waals surface area contributed by atoms with Crippen LogP contribution in [-0.4, -0.2) is 36.1 Å². The summed E-state index contributed by atoms with van der Waals surface area (Å²) in [6, 6.07) is 0. The van der Waals surface area contributed by atoms with Crippen molar-refractivity contribution in [2.45, 2.75) is 89.9 Å². The average Bonchev–Trinajstić information content (AvgIpc) is 3.02. The zero-order valence-corrected chi connectivity index (χ0v) is 16.7. The average molecular weight is 329 g/mol. The Labute approximate surface area is 140 Å². The molecule has 0 aliphatic carbocycles. The van der Waals surface area contributed by atoms with E-state index in [1.807, 2.05) is 0 Å². The van der Waals surface area contributed by atoms with E-state index in [2.05, 4.69) is 19.1 Å². The highest BCUT2D eigenvalue weighted by Gasteiger charge is 2.20. The Morgan fingerprint density at radius 3 is 2.55 bits per heavy atom. The molecule has 1 fully saturated rings. The Hall–Kier alpha value is -0.163. The molecule has 1 saturated heterocycles. The molecule has 130 valence electrons. The van der Waals surface area contributed by atoms with Gasteiger partial charge in [0, 0.05) is 19.6 Å². The molecule has 22 heavy (non-hydrogen) atoms.